The highest BCUT2D eigenvalue weighted by atomic mass is 79.9. The van der Waals surface area contributed by atoms with Crippen LogP contribution in [0.3, 0.4) is 0 Å². The number of nitro benzene ring substituents is 1. The molecule has 4 aromatic rings. The molecule has 0 amide bonds. The van der Waals surface area contributed by atoms with Crippen LogP contribution in [0, 0.1) is 10.1 Å². The summed E-state index contributed by atoms with van der Waals surface area (Å²) in [5.41, 5.74) is 2.33. The van der Waals surface area contributed by atoms with E-state index in [1.165, 1.54) is 23.5 Å². The standard InChI is InChI=1S/C25H15Br2N3O4S/c26-17-8-6-16(7-9-17)20-13-19(15-4-2-1-3-5-15)28-25-29(20)24(32)22(35-25)12-14-10-18(27)23(31)21(11-14)30(33)34/h1-13,20,31H. The second kappa shape index (κ2) is 9.37. The maximum atomic E-state index is 13.5. The van der Waals surface area contributed by atoms with Gasteiger partial charge in [-0.3, -0.25) is 19.5 Å². The molecule has 10 heteroatoms. The number of phenolic OH excluding ortho intramolecular Hbond substituents is 1. The van der Waals surface area contributed by atoms with Crippen molar-refractivity contribution in [2.75, 3.05) is 0 Å². The molecule has 35 heavy (non-hydrogen) atoms. The molecule has 1 aliphatic rings. The van der Waals surface area contributed by atoms with Crippen molar-refractivity contribution < 1.29 is 10.0 Å². The van der Waals surface area contributed by atoms with E-state index in [1.54, 1.807) is 10.6 Å². The lowest BCUT2D eigenvalue weighted by Crippen LogP contribution is -2.36. The molecule has 1 aliphatic heterocycles. The molecule has 0 saturated carbocycles. The van der Waals surface area contributed by atoms with Gasteiger partial charge in [-0.05, 0) is 63.0 Å². The molecule has 7 nitrogen and oxygen atoms in total. The van der Waals surface area contributed by atoms with Gasteiger partial charge in [-0.1, -0.05) is 69.7 Å². The first-order chi connectivity index (χ1) is 16.8. The zero-order valence-corrected chi connectivity index (χ0v) is 21.7. The highest BCUT2D eigenvalue weighted by Gasteiger charge is 2.23. The fraction of sp³-hybridized carbons (Fsp3) is 0.0400. The quantitative estimate of drug-likeness (QED) is 0.255. The molecule has 1 N–H and O–H groups in total. The normalized spacial score (nSPS) is 15.3. The van der Waals surface area contributed by atoms with E-state index in [4.69, 9.17) is 4.99 Å². The van der Waals surface area contributed by atoms with Crippen LogP contribution in [-0.4, -0.2) is 14.6 Å². The third kappa shape index (κ3) is 4.52. The first kappa shape index (κ1) is 23.4. The number of thiazole rings is 1. The summed E-state index contributed by atoms with van der Waals surface area (Å²) in [5.74, 6) is -0.462. The number of benzene rings is 3. The Kier molecular flexibility index (Phi) is 6.26. The van der Waals surface area contributed by atoms with Crippen LogP contribution < -0.4 is 14.9 Å². The second-order valence-corrected chi connectivity index (χ2v) is 10.5. The summed E-state index contributed by atoms with van der Waals surface area (Å²) in [6.07, 6.45) is 3.54. The van der Waals surface area contributed by atoms with Crippen LogP contribution in [0.25, 0.3) is 11.8 Å². The molecule has 5 rings (SSSR count). The minimum absolute atomic E-state index is 0.171. The first-order valence-electron chi connectivity index (χ1n) is 10.3. The molecule has 1 atom stereocenters. The van der Waals surface area contributed by atoms with Gasteiger partial charge in [0.25, 0.3) is 5.56 Å². The molecule has 0 bridgehead atoms. The fourth-order valence-corrected chi connectivity index (χ4v) is 5.58. The molecule has 3 aromatic carbocycles. The SMILES string of the molecule is O=c1c(=Cc2cc(Br)c(O)c([N+](=O)[O-])c2)sc2n1C(c1ccc(Br)cc1)C=C(c1ccccc1)N=2. The Hall–Kier alpha value is -3.34. The Bertz CT molecular complexity index is 1680. The Morgan fingerprint density at radius 2 is 1.80 bits per heavy atom. The number of fused-ring (bicyclic) bond motifs is 1. The topological polar surface area (TPSA) is 97.7 Å². The zero-order chi connectivity index (χ0) is 24.7. The summed E-state index contributed by atoms with van der Waals surface area (Å²) in [5, 5.41) is 21.3. The van der Waals surface area contributed by atoms with Crippen molar-refractivity contribution in [3.63, 3.8) is 0 Å². The molecular formula is C25H15Br2N3O4S. The largest absolute Gasteiger partial charge is 0.501 e. The molecule has 174 valence electrons. The van der Waals surface area contributed by atoms with Gasteiger partial charge >= 0.3 is 5.69 Å². The van der Waals surface area contributed by atoms with Crippen LogP contribution in [0.2, 0.25) is 0 Å². The molecule has 2 heterocycles. The van der Waals surface area contributed by atoms with E-state index in [2.05, 4.69) is 31.9 Å². The fourth-order valence-electron chi connectivity index (χ4n) is 3.83. The zero-order valence-electron chi connectivity index (χ0n) is 17.8. The van der Waals surface area contributed by atoms with Crippen LogP contribution in [0.15, 0.2) is 91.5 Å². The summed E-state index contributed by atoms with van der Waals surface area (Å²) in [4.78, 5) is 29.5. The smallest absolute Gasteiger partial charge is 0.312 e. The van der Waals surface area contributed by atoms with Gasteiger partial charge in [0.05, 0.1) is 25.7 Å². The summed E-state index contributed by atoms with van der Waals surface area (Å²) in [6, 6.07) is 19.9. The van der Waals surface area contributed by atoms with Crippen LogP contribution in [0.4, 0.5) is 5.69 Å². The average molecular weight is 613 g/mol. The predicted molar refractivity (Wildman–Crippen MR) is 142 cm³/mol. The molecule has 1 unspecified atom stereocenters. The van der Waals surface area contributed by atoms with E-state index in [0.29, 0.717) is 14.9 Å². The maximum absolute atomic E-state index is 13.5. The number of aromatic hydroxyl groups is 1. The number of nitrogens with zero attached hydrogens (tertiary/aromatic N) is 3. The predicted octanol–water partition coefficient (Wildman–Crippen LogP) is 5.14. The van der Waals surface area contributed by atoms with Crippen molar-refractivity contribution in [1.29, 1.82) is 0 Å². The van der Waals surface area contributed by atoms with Gasteiger partial charge in [-0.2, -0.15) is 0 Å². The number of nitro groups is 1. The number of hydrogen-bond donors (Lipinski definition) is 1. The number of allylic oxidation sites excluding steroid dienone is 1. The van der Waals surface area contributed by atoms with Crippen molar-refractivity contribution in [2.24, 2.45) is 4.99 Å². The lowest BCUT2D eigenvalue weighted by molar-refractivity contribution is -0.386. The maximum Gasteiger partial charge on any atom is 0.312 e. The van der Waals surface area contributed by atoms with Crippen LogP contribution in [0.1, 0.15) is 22.7 Å². The molecule has 1 aromatic heterocycles. The lowest BCUT2D eigenvalue weighted by Gasteiger charge is -2.19. The van der Waals surface area contributed by atoms with Crippen molar-refractivity contribution in [2.45, 2.75) is 6.04 Å². The third-order valence-corrected chi connectivity index (χ3v) is 7.60. The third-order valence-electron chi connectivity index (χ3n) is 5.49. The van der Waals surface area contributed by atoms with Gasteiger partial charge < -0.3 is 5.11 Å². The summed E-state index contributed by atoms with van der Waals surface area (Å²) in [7, 11) is 0. The minimum Gasteiger partial charge on any atom is -0.501 e. The molecule has 0 saturated heterocycles. The number of rotatable bonds is 4. The molecular weight excluding hydrogens is 598 g/mol. The number of phenols is 1. The Morgan fingerprint density at radius 3 is 2.49 bits per heavy atom. The van der Waals surface area contributed by atoms with E-state index in [0.717, 1.165) is 21.3 Å². The number of aromatic nitrogens is 1. The van der Waals surface area contributed by atoms with Gasteiger partial charge in [0, 0.05) is 10.5 Å². The van der Waals surface area contributed by atoms with E-state index < -0.39 is 16.4 Å². The summed E-state index contributed by atoms with van der Waals surface area (Å²) >= 11 is 7.82. The molecule has 0 fully saturated rings. The monoisotopic (exact) mass is 611 g/mol. The van der Waals surface area contributed by atoms with Gasteiger partial charge in [0.1, 0.15) is 0 Å². The van der Waals surface area contributed by atoms with Crippen LogP contribution >= 0.6 is 43.2 Å². The Balaban J connectivity index is 1.73. The molecule has 0 spiro atoms. The van der Waals surface area contributed by atoms with Crippen molar-refractivity contribution in [3.05, 3.63) is 128 Å². The van der Waals surface area contributed by atoms with Crippen LogP contribution in [-0.2, 0) is 0 Å². The van der Waals surface area contributed by atoms with Gasteiger partial charge in [-0.15, -0.1) is 0 Å². The van der Waals surface area contributed by atoms with Crippen molar-refractivity contribution >= 4 is 60.7 Å². The molecule has 0 aliphatic carbocycles. The van der Waals surface area contributed by atoms with Gasteiger partial charge in [0.2, 0.25) is 5.75 Å². The second-order valence-electron chi connectivity index (χ2n) is 7.72. The van der Waals surface area contributed by atoms with E-state index in [9.17, 15) is 20.0 Å². The van der Waals surface area contributed by atoms with E-state index in [-0.39, 0.29) is 16.1 Å². The highest BCUT2D eigenvalue weighted by molar-refractivity contribution is 9.10. The Morgan fingerprint density at radius 1 is 1.09 bits per heavy atom. The average Bonchev–Trinajstić information content (AvgIpc) is 3.16. The Labute approximate surface area is 219 Å². The van der Waals surface area contributed by atoms with Crippen molar-refractivity contribution in [3.8, 4) is 5.75 Å². The minimum atomic E-state index is -0.668. The van der Waals surface area contributed by atoms with E-state index in [1.807, 2.05) is 60.7 Å². The van der Waals surface area contributed by atoms with Gasteiger partial charge in [0.15, 0.2) is 4.80 Å². The van der Waals surface area contributed by atoms with Crippen LogP contribution in [0.5, 0.6) is 5.75 Å². The highest BCUT2D eigenvalue weighted by Crippen LogP contribution is 2.35. The number of hydrogen-bond acceptors (Lipinski definition) is 6. The molecule has 0 radical (unpaired) electrons. The van der Waals surface area contributed by atoms with Gasteiger partial charge in [-0.25, -0.2) is 4.99 Å². The summed E-state index contributed by atoms with van der Waals surface area (Å²) < 4.78 is 3.11. The van der Waals surface area contributed by atoms with E-state index >= 15 is 0 Å². The summed E-state index contributed by atoms with van der Waals surface area (Å²) in [6.45, 7) is 0. The first-order valence-corrected chi connectivity index (χ1v) is 12.7. The number of halogens is 2. The van der Waals surface area contributed by atoms with Crippen molar-refractivity contribution in [1.82, 2.24) is 4.57 Å². The lowest BCUT2D eigenvalue weighted by atomic mass is 10.0.